The van der Waals surface area contributed by atoms with Gasteiger partial charge in [-0.1, -0.05) is 26.0 Å². The van der Waals surface area contributed by atoms with Gasteiger partial charge in [-0.05, 0) is 30.5 Å². The lowest BCUT2D eigenvalue weighted by molar-refractivity contribution is -0.139. The standard InChI is InChI=1S/C17H26N2O4/c1-12(2)10-18-15(20)16(21)19-11-17(3,22)9-13-5-7-14(23-4)8-6-13/h5-8,12,22H,9-11H2,1-4H3,(H,18,20)(H,19,21). The van der Waals surface area contributed by atoms with E-state index < -0.39 is 17.4 Å². The number of hydrogen-bond donors (Lipinski definition) is 3. The van der Waals surface area contributed by atoms with E-state index in [-0.39, 0.29) is 12.5 Å². The zero-order valence-corrected chi connectivity index (χ0v) is 14.2. The average Bonchev–Trinajstić information content (AvgIpc) is 2.50. The molecule has 3 N–H and O–H groups in total. The maximum Gasteiger partial charge on any atom is 0.309 e. The molecular weight excluding hydrogens is 296 g/mol. The number of carbonyl (C=O) groups is 2. The molecule has 0 bridgehead atoms. The van der Waals surface area contributed by atoms with Crippen molar-refractivity contribution in [2.75, 3.05) is 20.2 Å². The van der Waals surface area contributed by atoms with Crippen LogP contribution >= 0.6 is 0 Å². The fourth-order valence-corrected chi connectivity index (χ4v) is 1.97. The predicted octanol–water partition coefficient (Wildman–Crippen LogP) is 0.877. The molecule has 6 nitrogen and oxygen atoms in total. The van der Waals surface area contributed by atoms with Gasteiger partial charge in [0, 0.05) is 19.5 Å². The first-order valence-corrected chi connectivity index (χ1v) is 7.65. The van der Waals surface area contributed by atoms with Gasteiger partial charge in [0.15, 0.2) is 0 Å². The number of amides is 2. The lowest BCUT2D eigenvalue weighted by Gasteiger charge is -2.23. The number of methoxy groups -OCH3 is 1. The topological polar surface area (TPSA) is 87.7 Å². The summed E-state index contributed by atoms with van der Waals surface area (Å²) in [4.78, 5) is 23.3. The van der Waals surface area contributed by atoms with Crippen molar-refractivity contribution in [2.24, 2.45) is 5.92 Å². The molecule has 0 aliphatic heterocycles. The molecule has 1 atom stereocenters. The van der Waals surface area contributed by atoms with Gasteiger partial charge in [-0.2, -0.15) is 0 Å². The Morgan fingerprint density at radius 2 is 1.74 bits per heavy atom. The normalized spacial score (nSPS) is 13.3. The molecule has 1 rings (SSSR count). The predicted molar refractivity (Wildman–Crippen MR) is 88.2 cm³/mol. The van der Waals surface area contributed by atoms with Crippen molar-refractivity contribution in [3.63, 3.8) is 0 Å². The summed E-state index contributed by atoms with van der Waals surface area (Å²) in [5.74, 6) is -0.409. The third-order valence-electron chi connectivity index (χ3n) is 3.25. The number of hydrogen-bond acceptors (Lipinski definition) is 4. The molecule has 0 aliphatic carbocycles. The molecule has 0 aliphatic rings. The maximum atomic E-state index is 11.7. The molecule has 0 aromatic heterocycles. The van der Waals surface area contributed by atoms with Crippen LogP contribution in [0.1, 0.15) is 26.3 Å². The van der Waals surface area contributed by atoms with Crippen LogP contribution in [0, 0.1) is 5.92 Å². The molecule has 0 spiro atoms. The van der Waals surface area contributed by atoms with E-state index in [9.17, 15) is 14.7 Å². The highest BCUT2D eigenvalue weighted by Crippen LogP contribution is 2.16. The molecule has 0 radical (unpaired) electrons. The van der Waals surface area contributed by atoms with Crippen LogP contribution in [-0.4, -0.2) is 42.7 Å². The molecule has 0 saturated heterocycles. The zero-order valence-electron chi connectivity index (χ0n) is 14.2. The first kappa shape index (κ1) is 19.0. The lowest BCUT2D eigenvalue weighted by atomic mass is 9.96. The summed E-state index contributed by atoms with van der Waals surface area (Å²) in [5, 5.41) is 15.4. The molecule has 0 saturated carbocycles. The number of nitrogens with one attached hydrogen (secondary N) is 2. The summed E-state index contributed by atoms with van der Waals surface area (Å²) in [5.41, 5.74) is -0.239. The van der Waals surface area contributed by atoms with Gasteiger partial charge in [-0.25, -0.2) is 0 Å². The number of ether oxygens (including phenoxy) is 1. The quantitative estimate of drug-likeness (QED) is 0.650. The minimum absolute atomic E-state index is 0.00698. The first-order valence-electron chi connectivity index (χ1n) is 7.65. The Bertz CT molecular complexity index is 524. The van der Waals surface area contributed by atoms with E-state index in [4.69, 9.17) is 4.74 Å². The SMILES string of the molecule is COc1ccc(CC(C)(O)CNC(=O)C(=O)NCC(C)C)cc1. The van der Waals surface area contributed by atoms with Crippen LogP contribution in [0.2, 0.25) is 0 Å². The highest BCUT2D eigenvalue weighted by atomic mass is 16.5. The Balaban J connectivity index is 2.47. The molecule has 0 heterocycles. The molecule has 2 amide bonds. The third kappa shape index (κ3) is 7.15. The smallest absolute Gasteiger partial charge is 0.309 e. The Morgan fingerprint density at radius 3 is 2.26 bits per heavy atom. The second-order valence-electron chi connectivity index (χ2n) is 6.31. The molecule has 0 fully saturated rings. The fraction of sp³-hybridized carbons (Fsp3) is 0.529. The van der Waals surface area contributed by atoms with Crippen LogP contribution in [-0.2, 0) is 16.0 Å². The van der Waals surface area contributed by atoms with Crippen molar-refractivity contribution in [3.8, 4) is 5.75 Å². The third-order valence-corrected chi connectivity index (χ3v) is 3.25. The Hall–Kier alpha value is -2.08. The van der Waals surface area contributed by atoms with Crippen molar-refractivity contribution >= 4 is 11.8 Å². The monoisotopic (exact) mass is 322 g/mol. The summed E-state index contributed by atoms with van der Waals surface area (Å²) in [6, 6.07) is 7.32. The van der Waals surface area contributed by atoms with Crippen molar-refractivity contribution in [1.82, 2.24) is 10.6 Å². The minimum Gasteiger partial charge on any atom is -0.497 e. The Morgan fingerprint density at radius 1 is 1.17 bits per heavy atom. The van der Waals surface area contributed by atoms with Gasteiger partial charge in [0.2, 0.25) is 0 Å². The van der Waals surface area contributed by atoms with Gasteiger partial charge in [0.25, 0.3) is 0 Å². The molecule has 1 unspecified atom stereocenters. The molecular formula is C17H26N2O4. The van der Waals surface area contributed by atoms with Gasteiger partial charge in [-0.3, -0.25) is 9.59 Å². The summed E-state index contributed by atoms with van der Waals surface area (Å²) >= 11 is 0. The first-order chi connectivity index (χ1) is 10.7. The summed E-state index contributed by atoms with van der Waals surface area (Å²) in [6.45, 7) is 5.93. The van der Waals surface area contributed by atoms with E-state index in [1.165, 1.54) is 0 Å². The van der Waals surface area contributed by atoms with Crippen LogP contribution in [0.5, 0.6) is 5.75 Å². The highest BCUT2D eigenvalue weighted by molar-refractivity contribution is 6.35. The molecule has 1 aromatic rings. The van der Waals surface area contributed by atoms with Crippen molar-refractivity contribution in [1.29, 1.82) is 0 Å². The second kappa shape index (κ2) is 8.53. The van der Waals surface area contributed by atoms with Crippen molar-refractivity contribution in [3.05, 3.63) is 29.8 Å². The minimum atomic E-state index is -1.15. The summed E-state index contributed by atoms with van der Waals surface area (Å²) < 4.78 is 5.08. The van der Waals surface area contributed by atoms with Crippen molar-refractivity contribution < 1.29 is 19.4 Å². The van der Waals surface area contributed by atoms with Crippen LogP contribution in [0.25, 0.3) is 0 Å². The van der Waals surface area contributed by atoms with Gasteiger partial charge < -0.3 is 20.5 Å². The van der Waals surface area contributed by atoms with Gasteiger partial charge >= 0.3 is 11.8 Å². The van der Waals surface area contributed by atoms with E-state index in [1.54, 1.807) is 14.0 Å². The van der Waals surface area contributed by atoms with E-state index in [1.807, 2.05) is 38.1 Å². The Kier molecular flexibility index (Phi) is 7.03. The molecule has 23 heavy (non-hydrogen) atoms. The van der Waals surface area contributed by atoms with Gasteiger partial charge in [0.05, 0.1) is 12.7 Å². The lowest BCUT2D eigenvalue weighted by Crippen LogP contribution is -2.47. The number of rotatable bonds is 7. The zero-order chi connectivity index (χ0) is 17.5. The maximum absolute atomic E-state index is 11.7. The van der Waals surface area contributed by atoms with E-state index >= 15 is 0 Å². The van der Waals surface area contributed by atoms with Gasteiger partial charge in [0.1, 0.15) is 5.75 Å². The fourth-order valence-electron chi connectivity index (χ4n) is 1.97. The summed E-state index contributed by atoms with van der Waals surface area (Å²) in [7, 11) is 1.59. The molecule has 128 valence electrons. The largest absolute Gasteiger partial charge is 0.497 e. The van der Waals surface area contributed by atoms with Gasteiger partial charge in [-0.15, -0.1) is 0 Å². The molecule has 6 heteroatoms. The van der Waals surface area contributed by atoms with Crippen molar-refractivity contribution in [2.45, 2.75) is 32.8 Å². The average molecular weight is 322 g/mol. The van der Waals surface area contributed by atoms with E-state index in [0.717, 1.165) is 11.3 Å². The van der Waals surface area contributed by atoms with Crippen LogP contribution in [0.3, 0.4) is 0 Å². The van der Waals surface area contributed by atoms with Crippen LogP contribution in [0.4, 0.5) is 0 Å². The number of benzene rings is 1. The second-order valence-corrected chi connectivity index (χ2v) is 6.31. The van der Waals surface area contributed by atoms with E-state index in [0.29, 0.717) is 13.0 Å². The number of aliphatic hydroxyl groups is 1. The highest BCUT2D eigenvalue weighted by Gasteiger charge is 2.23. The molecule has 1 aromatic carbocycles. The number of carbonyl (C=O) groups excluding carboxylic acids is 2. The van der Waals surface area contributed by atoms with Crippen LogP contribution < -0.4 is 15.4 Å². The van der Waals surface area contributed by atoms with E-state index in [2.05, 4.69) is 10.6 Å². The Labute approximate surface area is 137 Å². The van der Waals surface area contributed by atoms with Crippen LogP contribution in [0.15, 0.2) is 24.3 Å². The summed E-state index contributed by atoms with van der Waals surface area (Å²) in [6.07, 6.45) is 0.352.